The SMILES string of the molecule is C=CC(C#CC#CC(CCCCCCCCC)OS(C)(=O)=O)CC(=O)O. The Balaban J connectivity index is 4.57. The van der Waals surface area contributed by atoms with Crippen LogP contribution in [0.3, 0.4) is 0 Å². The van der Waals surface area contributed by atoms with E-state index >= 15 is 0 Å². The molecule has 0 aromatic heterocycles. The number of hydrogen-bond acceptors (Lipinski definition) is 4. The van der Waals surface area contributed by atoms with Crippen molar-refractivity contribution < 1.29 is 22.5 Å². The number of carboxylic acid groups (broad SMARTS) is 1. The summed E-state index contributed by atoms with van der Waals surface area (Å²) in [4.78, 5) is 10.7. The molecule has 0 heterocycles. The van der Waals surface area contributed by atoms with E-state index in [0.29, 0.717) is 6.42 Å². The summed E-state index contributed by atoms with van der Waals surface area (Å²) in [7, 11) is -3.60. The minimum Gasteiger partial charge on any atom is -0.481 e. The van der Waals surface area contributed by atoms with E-state index in [1.54, 1.807) is 0 Å². The monoisotopic (exact) mass is 382 g/mol. The maximum Gasteiger partial charge on any atom is 0.304 e. The normalized spacial score (nSPS) is 12.8. The molecule has 0 saturated heterocycles. The highest BCUT2D eigenvalue weighted by atomic mass is 32.2. The van der Waals surface area contributed by atoms with E-state index < -0.39 is 28.1 Å². The van der Waals surface area contributed by atoms with Crippen molar-refractivity contribution in [3.05, 3.63) is 12.7 Å². The highest BCUT2D eigenvalue weighted by molar-refractivity contribution is 7.86. The molecule has 0 spiro atoms. The second-order valence-corrected chi connectivity index (χ2v) is 7.78. The molecule has 0 fully saturated rings. The van der Waals surface area contributed by atoms with Crippen molar-refractivity contribution in [3.8, 4) is 23.7 Å². The second-order valence-electron chi connectivity index (χ2n) is 6.18. The maximum absolute atomic E-state index is 11.4. The smallest absolute Gasteiger partial charge is 0.304 e. The molecule has 146 valence electrons. The van der Waals surface area contributed by atoms with Gasteiger partial charge in [0.2, 0.25) is 0 Å². The van der Waals surface area contributed by atoms with Crippen LogP contribution in [0.1, 0.15) is 64.7 Å². The van der Waals surface area contributed by atoms with Crippen molar-refractivity contribution in [2.45, 2.75) is 70.8 Å². The number of unbranched alkanes of at least 4 members (excludes halogenated alkanes) is 6. The number of allylic oxidation sites excluding steroid dienone is 1. The molecule has 0 aliphatic rings. The lowest BCUT2D eigenvalue weighted by Gasteiger charge is -2.09. The molecule has 1 N–H and O–H groups in total. The Morgan fingerprint density at radius 1 is 1.12 bits per heavy atom. The van der Waals surface area contributed by atoms with Gasteiger partial charge in [-0.25, -0.2) is 0 Å². The van der Waals surface area contributed by atoms with Gasteiger partial charge in [0.15, 0.2) is 0 Å². The van der Waals surface area contributed by atoms with Crippen LogP contribution in [0.5, 0.6) is 0 Å². The van der Waals surface area contributed by atoms with E-state index in [1.807, 2.05) is 0 Å². The Morgan fingerprint density at radius 3 is 2.23 bits per heavy atom. The molecule has 2 atom stereocenters. The van der Waals surface area contributed by atoms with Gasteiger partial charge in [-0.05, 0) is 24.7 Å². The summed E-state index contributed by atoms with van der Waals surface area (Å²) in [6.45, 7) is 5.71. The van der Waals surface area contributed by atoms with E-state index in [2.05, 4.69) is 37.2 Å². The van der Waals surface area contributed by atoms with E-state index in [0.717, 1.165) is 25.5 Å². The summed E-state index contributed by atoms with van der Waals surface area (Å²) in [5, 5.41) is 8.74. The standard InChI is InChI=1S/C20H30O5S/c1-4-6-7-8-9-10-11-15-19(25-26(3,23)24)16-13-12-14-18(5-2)17-20(21)22/h5,18-19H,2,4,6-11,15,17H2,1,3H3,(H,21,22). The minimum atomic E-state index is -3.60. The van der Waals surface area contributed by atoms with Gasteiger partial charge in [-0.1, -0.05) is 63.4 Å². The van der Waals surface area contributed by atoms with Gasteiger partial charge in [0.1, 0.15) is 6.10 Å². The zero-order chi connectivity index (χ0) is 19.8. The summed E-state index contributed by atoms with van der Waals surface area (Å²) >= 11 is 0. The molecule has 0 aliphatic heterocycles. The van der Waals surface area contributed by atoms with E-state index in [1.165, 1.54) is 31.8 Å². The van der Waals surface area contributed by atoms with Crippen molar-refractivity contribution in [1.29, 1.82) is 0 Å². The molecule has 0 amide bonds. The Kier molecular flexibility index (Phi) is 13.4. The summed E-state index contributed by atoms with van der Waals surface area (Å²) in [6, 6.07) is 0. The van der Waals surface area contributed by atoms with Crippen LogP contribution < -0.4 is 0 Å². The highest BCUT2D eigenvalue weighted by Gasteiger charge is 2.12. The fourth-order valence-electron chi connectivity index (χ4n) is 2.27. The predicted octanol–water partition coefficient (Wildman–Crippen LogP) is 3.76. The molecule has 0 aromatic rings. The predicted molar refractivity (Wildman–Crippen MR) is 104 cm³/mol. The Labute approximate surface area is 158 Å². The van der Waals surface area contributed by atoms with Crippen LogP contribution in [0.15, 0.2) is 12.7 Å². The van der Waals surface area contributed by atoms with Gasteiger partial charge in [0.25, 0.3) is 10.1 Å². The summed E-state index contributed by atoms with van der Waals surface area (Å²) < 4.78 is 27.7. The van der Waals surface area contributed by atoms with Gasteiger partial charge >= 0.3 is 5.97 Å². The van der Waals surface area contributed by atoms with E-state index in [4.69, 9.17) is 9.29 Å². The number of aliphatic carboxylic acids is 1. The average molecular weight is 383 g/mol. The van der Waals surface area contributed by atoms with Crippen molar-refractivity contribution in [2.24, 2.45) is 5.92 Å². The summed E-state index contributed by atoms with van der Waals surface area (Å²) in [5.74, 6) is 9.09. The molecule has 2 unspecified atom stereocenters. The minimum absolute atomic E-state index is 0.139. The van der Waals surface area contributed by atoms with E-state index in [-0.39, 0.29) is 6.42 Å². The van der Waals surface area contributed by atoms with Gasteiger partial charge < -0.3 is 5.11 Å². The molecular formula is C20H30O5S. The topological polar surface area (TPSA) is 80.7 Å². The number of carboxylic acids is 1. The third kappa shape index (κ3) is 15.7. The van der Waals surface area contributed by atoms with Crippen LogP contribution in [0.25, 0.3) is 0 Å². The molecule has 0 bridgehead atoms. The molecule has 0 rings (SSSR count). The number of rotatable bonds is 13. The largest absolute Gasteiger partial charge is 0.481 e. The maximum atomic E-state index is 11.4. The van der Waals surface area contributed by atoms with Gasteiger partial charge in [0.05, 0.1) is 12.7 Å². The first-order valence-electron chi connectivity index (χ1n) is 9.02. The highest BCUT2D eigenvalue weighted by Crippen LogP contribution is 2.12. The molecule has 0 aliphatic carbocycles. The van der Waals surface area contributed by atoms with Crippen molar-refractivity contribution in [1.82, 2.24) is 0 Å². The number of carbonyl (C=O) groups is 1. The second kappa shape index (κ2) is 14.4. The molecule has 6 heteroatoms. The van der Waals surface area contributed by atoms with Crippen molar-refractivity contribution in [3.63, 3.8) is 0 Å². The first-order chi connectivity index (χ1) is 12.3. The van der Waals surface area contributed by atoms with E-state index in [9.17, 15) is 13.2 Å². The summed E-state index contributed by atoms with van der Waals surface area (Å²) in [6.07, 6.45) is 9.95. The van der Waals surface area contributed by atoms with Crippen molar-refractivity contribution in [2.75, 3.05) is 6.26 Å². The molecule has 0 saturated carbocycles. The average Bonchev–Trinajstić information content (AvgIpc) is 2.54. The number of hydrogen-bond donors (Lipinski definition) is 1. The van der Waals surface area contributed by atoms with Gasteiger partial charge in [0, 0.05) is 5.92 Å². The van der Waals surface area contributed by atoms with Crippen LogP contribution in [0, 0.1) is 29.6 Å². The van der Waals surface area contributed by atoms with Gasteiger partial charge in [-0.2, -0.15) is 8.42 Å². The zero-order valence-electron chi connectivity index (χ0n) is 15.8. The molecule has 26 heavy (non-hydrogen) atoms. The molecule has 0 aromatic carbocycles. The Morgan fingerprint density at radius 2 is 1.69 bits per heavy atom. The molecule has 5 nitrogen and oxygen atoms in total. The zero-order valence-corrected chi connectivity index (χ0v) is 16.6. The lowest BCUT2D eigenvalue weighted by molar-refractivity contribution is -0.137. The lowest BCUT2D eigenvalue weighted by Crippen LogP contribution is -2.15. The Bertz CT molecular complexity index is 643. The van der Waals surface area contributed by atoms with Gasteiger partial charge in [-0.3, -0.25) is 8.98 Å². The van der Waals surface area contributed by atoms with Crippen LogP contribution in [-0.4, -0.2) is 31.9 Å². The molecular weight excluding hydrogens is 352 g/mol. The molecule has 0 radical (unpaired) electrons. The van der Waals surface area contributed by atoms with Crippen LogP contribution in [0.2, 0.25) is 0 Å². The van der Waals surface area contributed by atoms with Gasteiger partial charge in [-0.15, -0.1) is 6.58 Å². The third-order valence-electron chi connectivity index (χ3n) is 3.59. The summed E-state index contributed by atoms with van der Waals surface area (Å²) in [5.41, 5.74) is 0. The van der Waals surface area contributed by atoms with Crippen LogP contribution in [-0.2, 0) is 19.1 Å². The first-order valence-corrected chi connectivity index (χ1v) is 10.8. The first kappa shape index (κ1) is 24.2. The van der Waals surface area contributed by atoms with Crippen LogP contribution in [0.4, 0.5) is 0 Å². The quantitative estimate of drug-likeness (QED) is 0.227. The lowest BCUT2D eigenvalue weighted by atomic mass is 10.1. The fourth-order valence-corrected chi connectivity index (χ4v) is 2.84. The van der Waals surface area contributed by atoms with Crippen LogP contribution >= 0.6 is 0 Å². The fraction of sp³-hybridized carbons (Fsp3) is 0.650. The Hall–Kier alpha value is -1.76. The third-order valence-corrected chi connectivity index (χ3v) is 4.17. The van der Waals surface area contributed by atoms with Crippen molar-refractivity contribution >= 4 is 16.1 Å².